The molecule has 0 atom stereocenters. The van der Waals surface area contributed by atoms with Crippen LogP contribution in [0.25, 0.3) is 11.4 Å². The Hall–Kier alpha value is -3.79. The molecule has 2 aromatic carbocycles. The van der Waals surface area contributed by atoms with E-state index in [0.29, 0.717) is 18.1 Å². The average molecular weight is 468 g/mol. The third-order valence-corrected chi connectivity index (χ3v) is 6.12. The summed E-state index contributed by atoms with van der Waals surface area (Å²) in [5.74, 6) is 1.31. The fourth-order valence-electron chi connectivity index (χ4n) is 4.10. The lowest BCUT2D eigenvalue weighted by Crippen LogP contribution is -2.27. The number of nitriles is 1. The smallest absolute Gasteiger partial charge is 0.204 e. The molecule has 4 rings (SSSR count). The number of aliphatic imine (C=N–C) groups is 1. The summed E-state index contributed by atoms with van der Waals surface area (Å²) in [5.41, 5.74) is 6.70. The third-order valence-electron chi connectivity index (χ3n) is 6.12. The highest BCUT2D eigenvalue weighted by molar-refractivity contribution is 6.50. The lowest BCUT2D eigenvalue weighted by atomic mass is 9.87. The second kappa shape index (κ2) is 9.83. The third kappa shape index (κ3) is 5.17. The predicted molar refractivity (Wildman–Crippen MR) is 143 cm³/mol. The van der Waals surface area contributed by atoms with Crippen molar-refractivity contribution in [2.24, 2.45) is 15.5 Å². The van der Waals surface area contributed by atoms with Crippen LogP contribution in [0, 0.1) is 30.6 Å². The van der Waals surface area contributed by atoms with E-state index in [9.17, 15) is 0 Å². The van der Waals surface area contributed by atoms with Gasteiger partial charge in [-0.15, -0.1) is 9.89 Å². The average Bonchev–Trinajstić information content (AvgIpc) is 3.38. The number of aryl methyl sites for hydroxylation is 2. The number of unbranched alkanes of at least 4 members (excludes halogenated alkanes) is 1. The second-order valence-electron chi connectivity index (χ2n) is 9.99. The minimum absolute atomic E-state index is 0.209. The SMILES string of the molecule is CCN(CCCC#N)c1ccc(/N=C2/C(C(C)(C)C)=Nn3nc(-c4ccc(C)cc4)nc32)c(C)c1. The van der Waals surface area contributed by atoms with Crippen molar-refractivity contribution in [3.05, 3.63) is 59.4 Å². The monoisotopic (exact) mass is 467 g/mol. The van der Waals surface area contributed by atoms with Gasteiger partial charge in [-0.3, -0.25) is 0 Å². The number of benzene rings is 2. The van der Waals surface area contributed by atoms with Crippen LogP contribution in [-0.2, 0) is 0 Å². The molecule has 0 bridgehead atoms. The summed E-state index contributed by atoms with van der Waals surface area (Å²) < 4.78 is 0. The maximum atomic E-state index is 8.86. The highest BCUT2D eigenvalue weighted by atomic mass is 15.6. The zero-order valence-electron chi connectivity index (χ0n) is 21.5. The zero-order chi connectivity index (χ0) is 25.2. The first-order valence-corrected chi connectivity index (χ1v) is 12.2. The van der Waals surface area contributed by atoms with Crippen molar-refractivity contribution in [2.45, 2.75) is 54.4 Å². The minimum Gasteiger partial charge on any atom is -0.372 e. The van der Waals surface area contributed by atoms with Crippen molar-refractivity contribution in [2.75, 3.05) is 18.0 Å². The number of anilines is 1. The van der Waals surface area contributed by atoms with Crippen LogP contribution in [0.2, 0.25) is 0 Å². The van der Waals surface area contributed by atoms with Crippen LogP contribution in [0.4, 0.5) is 11.4 Å². The number of rotatable bonds is 7. The summed E-state index contributed by atoms with van der Waals surface area (Å²) in [7, 11) is 0. The van der Waals surface area contributed by atoms with Gasteiger partial charge in [-0.2, -0.15) is 10.4 Å². The standard InChI is InChI=1S/C28H33N7/c1-7-34(17-9-8-16-29)22-14-15-23(20(3)18-22)30-24-25(28(4,5)6)32-35-27(24)31-26(33-35)21-12-10-19(2)11-13-21/h10-15,18H,7-9,17H2,1-6H3/b30-24-. The number of hydrogen-bond donors (Lipinski definition) is 0. The first kappa shape index (κ1) is 24.3. The van der Waals surface area contributed by atoms with E-state index < -0.39 is 0 Å². The molecular weight excluding hydrogens is 434 g/mol. The molecule has 35 heavy (non-hydrogen) atoms. The van der Waals surface area contributed by atoms with Gasteiger partial charge < -0.3 is 4.90 Å². The summed E-state index contributed by atoms with van der Waals surface area (Å²) in [6, 6.07) is 16.7. The molecule has 3 aromatic rings. The van der Waals surface area contributed by atoms with Crippen LogP contribution in [-0.4, -0.2) is 39.4 Å². The second-order valence-corrected chi connectivity index (χ2v) is 9.99. The summed E-state index contributed by atoms with van der Waals surface area (Å²) in [5, 5.41) is 18.3. The Morgan fingerprint density at radius 2 is 1.83 bits per heavy atom. The Kier molecular flexibility index (Phi) is 6.83. The molecule has 0 amide bonds. The fraction of sp³-hybridized carbons (Fsp3) is 0.393. The molecule has 7 nitrogen and oxygen atoms in total. The van der Waals surface area contributed by atoms with Crippen molar-refractivity contribution in [1.29, 1.82) is 5.26 Å². The maximum absolute atomic E-state index is 8.86. The van der Waals surface area contributed by atoms with E-state index in [1.165, 1.54) is 5.56 Å². The Labute approximate surface area is 207 Å². The van der Waals surface area contributed by atoms with Gasteiger partial charge in [0.2, 0.25) is 5.82 Å². The van der Waals surface area contributed by atoms with Gasteiger partial charge in [0.1, 0.15) is 5.71 Å². The van der Waals surface area contributed by atoms with Gasteiger partial charge in [0.15, 0.2) is 5.82 Å². The lowest BCUT2D eigenvalue weighted by molar-refractivity contribution is 0.589. The van der Waals surface area contributed by atoms with Crippen molar-refractivity contribution in [3.63, 3.8) is 0 Å². The molecule has 1 aliphatic heterocycles. The van der Waals surface area contributed by atoms with Crippen LogP contribution in [0.15, 0.2) is 52.6 Å². The van der Waals surface area contributed by atoms with Gasteiger partial charge in [0, 0.05) is 36.2 Å². The molecule has 0 radical (unpaired) electrons. The number of nitrogens with zero attached hydrogens (tertiary/aromatic N) is 7. The highest BCUT2D eigenvalue weighted by Gasteiger charge is 2.35. The Morgan fingerprint density at radius 1 is 1.09 bits per heavy atom. The molecular formula is C28H33N7. The first-order valence-electron chi connectivity index (χ1n) is 12.2. The van der Waals surface area contributed by atoms with Gasteiger partial charge in [-0.25, -0.2) is 9.98 Å². The van der Waals surface area contributed by atoms with Gasteiger partial charge in [0.05, 0.1) is 17.5 Å². The predicted octanol–water partition coefficient (Wildman–Crippen LogP) is 6.08. The topological polar surface area (TPSA) is 82.5 Å². The van der Waals surface area contributed by atoms with Crippen LogP contribution in [0.5, 0.6) is 0 Å². The largest absolute Gasteiger partial charge is 0.372 e. The maximum Gasteiger partial charge on any atom is 0.204 e. The van der Waals surface area contributed by atoms with E-state index in [4.69, 9.17) is 20.3 Å². The van der Waals surface area contributed by atoms with E-state index >= 15 is 0 Å². The Morgan fingerprint density at radius 3 is 2.46 bits per heavy atom. The van der Waals surface area contributed by atoms with E-state index in [-0.39, 0.29) is 5.41 Å². The Balaban J connectivity index is 1.71. The molecule has 0 saturated carbocycles. The summed E-state index contributed by atoms with van der Waals surface area (Å²) >= 11 is 0. The fourth-order valence-corrected chi connectivity index (χ4v) is 4.10. The molecule has 0 saturated heterocycles. The normalized spacial score (nSPS) is 14.1. The van der Waals surface area contributed by atoms with Crippen LogP contribution >= 0.6 is 0 Å². The molecule has 1 aliphatic rings. The Bertz CT molecular complexity index is 1310. The molecule has 180 valence electrons. The van der Waals surface area contributed by atoms with Crippen molar-refractivity contribution < 1.29 is 0 Å². The number of fused-ring (bicyclic) bond motifs is 1. The van der Waals surface area contributed by atoms with Crippen LogP contribution in [0.3, 0.4) is 0 Å². The minimum atomic E-state index is -0.209. The molecule has 7 heteroatoms. The molecule has 0 unspecified atom stereocenters. The molecule has 0 aliphatic carbocycles. The van der Waals surface area contributed by atoms with E-state index in [0.717, 1.165) is 53.4 Å². The molecule has 1 aromatic heterocycles. The van der Waals surface area contributed by atoms with Crippen molar-refractivity contribution >= 4 is 22.8 Å². The van der Waals surface area contributed by atoms with Crippen molar-refractivity contribution in [1.82, 2.24) is 14.9 Å². The van der Waals surface area contributed by atoms with Gasteiger partial charge in [0.25, 0.3) is 0 Å². The van der Waals surface area contributed by atoms with Crippen molar-refractivity contribution in [3.8, 4) is 17.5 Å². The quantitative estimate of drug-likeness (QED) is 0.395. The highest BCUT2D eigenvalue weighted by Crippen LogP contribution is 2.31. The summed E-state index contributed by atoms with van der Waals surface area (Å²) in [6.07, 6.45) is 1.43. The molecule has 0 N–H and O–H groups in total. The van der Waals surface area contributed by atoms with Crippen LogP contribution in [0.1, 0.15) is 57.5 Å². The molecule has 0 fully saturated rings. The van der Waals surface area contributed by atoms with E-state index in [2.05, 4.69) is 87.9 Å². The van der Waals surface area contributed by atoms with Gasteiger partial charge in [-0.05, 0) is 51.0 Å². The van der Waals surface area contributed by atoms with Gasteiger partial charge >= 0.3 is 0 Å². The lowest BCUT2D eigenvalue weighted by Gasteiger charge is -2.23. The number of hydrogen-bond acceptors (Lipinski definition) is 6. The van der Waals surface area contributed by atoms with E-state index in [1.807, 2.05) is 12.1 Å². The zero-order valence-corrected chi connectivity index (χ0v) is 21.5. The molecule has 0 spiro atoms. The number of aromatic nitrogens is 3. The summed E-state index contributed by atoms with van der Waals surface area (Å²) in [4.78, 5) is 13.8. The first-order chi connectivity index (χ1) is 16.7. The van der Waals surface area contributed by atoms with E-state index in [1.54, 1.807) is 4.79 Å². The summed E-state index contributed by atoms with van der Waals surface area (Å²) in [6.45, 7) is 14.4. The van der Waals surface area contributed by atoms with Gasteiger partial charge in [-0.1, -0.05) is 50.6 Å². The molecule has 2 heterocycles. The van der Waals surface area contributed by atoms with Crippen LogP contribution < -0.4 is 4.90 Å².